The van der Waals surface area contributed by atoms with Gasteiger partial charge in [-0.15, -0.1) is 11.3 Å². The van der Waals surface area contributed by atoms with Crippen molar-refractivity contribution < 1.29 is 19.5 Å². The smallest absolute Gasteiger partial charge is 0.339 e. The molecule has 7 heteroatoms. The first-order chi connectivity index (χ1) is 12.8. The molecule has 0 bridgehead atoms. The summed E-state index contributed by atoms with van der Waals surface area (Å²) < 4.78 is 0. The van der Waals surface area contributed by atoms with Crippen molar-refractivity contribution >= 4 is 34.1 Å². The topological polar surface area (TPSA) is 86.7 Å². The van der Waals surface area contributed by atoms with Crippen molar-refractivity contribution in [1.29, 1.82) is 0 Å². The monoisotopic (exact) mass is 388 g/mol. The number of hydrogen-bond acceptors (Lipinski definition) is 4. The van der Waals surface area contributed by atoms with Crippen LogP contribution in [-0.2, 0) is 22.4 Å². The lowest BCUT2D eigenvalue weighted by molar-refractivity contribution is -0.132. The van der Waals surface area contributed by atoms with Gasteiger partial charge in [-0.05, 0) is 30.9 Å². The summed E-state index contributed by atoms with van der Waals surface area (Å²) in [5.74, 6) is -1.65. The summed E-state index contributed by atoms with van der Waals surface area (Å²) in [5, 5.41) is 12.5. The molecule has 6 nitrogen and oxygen atoms in total. The van der Waals surface area contributed by atoms with E-state index in [0.717, 1.165) is 16.0 Å². The second-order valence-electron chi connectivity index (χ2n) is 6.22. The first kappa shape index (κ1) is 20.6. The number of carboxylic acids is 1. The molecule has 0 radical (unpaired) electrons. The van der Waals surface area contributed by atoms with Crippen LogP contribution < -0.4 is 5.32 Å². The fraction of sp³-hybridized carbons (Fsp3) is 0.350. The Kier molecular flexibility index (Phi) is 7.12. The maximum Gasteiger partial charge on any atom is 0.339 e. The second kappa shape index (κ2) is 9.32. The Morgan fingerprint density at radius 2 is 1.85 bits per heavy atom. The number of carboxylic acid groups (broad SMARTS) is 1. The number of aromatic carboxylic acids is 1. The van der Waals surface area contributed by atoms with Gasteiger partial charge in [0, 0.05) is 18.3 Å². The Morgan fingerprint density at radius 1 is 1.19 bits per heavy atom. The third-order valence-electron chi connectivity index (χ3n) is 4.32. The molecule has 0 saturated carbocycles. The van der Waals surface area contributed by atoms with Crippen molar-refractivity contribution in [2.24, 2.45) is 0 Å². The number of nitrogens with one attached hydrogen (secondary N) is 1. The van der Waals surface area contributed by atoms with Crippen LogP contribution in [0.5, 0.6) is 0 Å². The molecule has 1 heterocycles. The predicted octanol–water partition coefficient (Wildman–Crippen LogP) is 3.35. The van der Waals surface area contributed by atoms with Gasteiger partial charge >= 0.3 is 5.97 Å². The zero-order valence-electron chi connectivity index (χ0n) is 15.7. The molecule has 0 spiro atoms. The van der Waals surface area contributed by atoms with Crippen LogP contribution in [0.15, 0.2) is 30.3 Å². The zero-order valence-corrected chi connectivity index (χ0v) is 16.6. The van der Waals surface area contributed by atoms with Gasteiger partial charge in [0.2, 0.25) is 11.8 Å². The number of carbonyl (C=O) groups excluding carboxylic acids is 2. The van der Waals surface area contributed by atoms with E-state index in [4.69, 9.17) is 0 Å². The third-order valence-corrected chi connectivity index (χ3v) is 5.39. The van der Waals surface area contributed by atoms with Gasteiger partial charge in [-0.25, -0.2) is 4.79 Å². The van der Waals surface area contributed by atoms with Crippen molar-refractivity contribution in [2.45, 2.75) is 33.6 Å². The molecule has 27 heavy (non-hydrogen) atoms. The summed E-state index contributed by atoms with van der Waals surface area (Å²) in [6.07, 6.45) is 1.22. The van der Waals surface area contributed by atoms with E-state index in [2.05, 4.69) is 5.32 Å². The summed E-state index contributed by atoms with van der Waals surface area (Å²) in [5.41, 5.74) is 1.96. The first-order valence-corrected chi connectivity index (χ1v) is 9.60. The maximum absolute atomic E-state index is 12.4. The number of rotatable bonds is 8. The Hall–Kier alpha value is -2.67. The SMILES string of the molecule is CCc1c(C)sc(NC(=O)CN(CCc2ccccc2)C(C)=O)c1C(=O)O. The third kappa shape index (κ3) is 5.40. The highest BCUT2D eigenvalue weighted by atomic mass is 32.1. The molecule has 0 saturated heterocycles. The quantitative estimate of drug-likeness (QED) is 0.726. The minimum absolute atomic E-state index is 0.111. The van der Waals surface area contributed by atoms with Crippen molar-refractivity contribution in [1.82, 2.24) is 4.90 Å². The van der Waals surface area contributed by atoms with E-state index in [1.807, 2.05) is 44.2 Å². The summed E-state index contributed by atoms with van der Waals surface area (Å²) in [7, 11) is 0. The van der Waals surface area contributed by atoms with Crippen LogP contribution in [0.2, 0.25) is 0 Å². The summed E-state index contributed by atoms with van der Waals surface area (Å²) in [6, 6.07) is 9.72. The summed E-state index contributed by atoms with van der Waals surface area (Å²) in [4.78, 5) is 38.2. The molecule has 0 aliphatic heterocycles. The van der Waals surface area contributed by atoms with Gasteiger partial charge in [-0.1, -0.05) is 37.3 Å². The highest BCUT2D eigenvalue weighted by Gasteiger charge is 2.23. The van der Waals surface area contributed by atoms with Crippen molar-refractivity contribution in [3.63, 3.8) is 0 Å². The minimum Gasteiger partial charge on any atom is -0.478 e. The molecule has 0 atom stereocenters. The Labute approximate surface area is 162 Å². The molecule has 1 aromatic carbocycles. The lowest BCUT2D eigenvalue weighted by atomic mass is 10.1. The van der Waals surface area contributed by atoms with Crippen LogP contribution in [0.1, 0.15) is 40.2 Å². The Morgan fingerprint density at radius 3 is 2.41 bits per heavy atom. The highest BCUT2D eigenvalue weighted by molar-refractivity contribution is 7.16. The molecule has 0 aliphatic rings. The van der Waals surface area contributed by atoms with Gasteiger partial charge in [-0.2, -0.15) is 0 Å². The lowest BCUT2D eigenvalue weighted by Crippen LogP contribution is -2.38. The molecule has 0 unspecified atom stereocenters. The molecule has 144 valence electrons. The number of aryl methyl sites for hydroxylation is 1. The van der Waals surface area contributed by atoms with Gasteiger partial charge < -0.3 is 15.3 Å². The van der Waals surface area contributed by atoms with E-state index in [1.54, 1.807) is 0 Å². The average Bonchev–Trinajstić information content (AvgIpc) is 2.94. The molecule has 0 fully saturated rings. The molecule has 1 aromatic heterocycles. The minimum atomic E-state index is -1.06. The number of hydrogen-bond donors (Lipinski definition) is 2. The molecule has 2 N–H and O–H groups in total. The largest absolute Gasteiger partial charge is 0.478 e. The fourth-order valence-corrected chi connectivity index (χ4v) is 4.07. The molecule has 2 rings (SSSR count). The predicted molar refractivity (Wildman–Crippen MR) is 106 cm³/mol. The van der Waals surface area contributed by atoms with Crippen LogP contribution in [0, 0.1) is 6.92 Å². The van der Waals surface area contributed by atoms with Crippen LogP contribution in [0.4, 0.5) is 5.00 Å². The highest BCUT2D eigenvalue weighted by Crippen LogP contribution is 2.33. The van der Waals surface area contributed by atoms with Crippen molar-refractivity contribution in [3.8, 4) is 0 Å². The van der Waals surface area contributed by atoms with E-state index in [9.17, 15) is 19.5 Å². The first-order valence-electron chi connectivity index (χ1n) is 8.78. The number of anilines is 1. The van der Waals surface area contributed by atoms with E-state index in [-0.39, 0.29) is 18.0 Å². The summed E-state index contributed by atoms with van der Waals surface area (Å²) in [6.45, 7) is 5.45. The van der Waals surface area contributed by atoms with Gasteiger partial charge in [0.25, 0.3) is 0 Å². The Bertz CT molecular complexity index is 830. The second-order valence-corrected chi connectivity index (χ2v) is 7.45. The summed E-state index contributed by atoms with van der Waals surface area (Å²) >= 11 is 1.25. The fourth-order valence-electron chi connectivity index (χ4n) is 2.91. The van der Waals surface area contributed by atoms with Gasteiger partial charge in [0.05, 0.1) is 12.1 Å². The van der Waals surface area contributed by atoms with E-state index in [1.165, 1.54) is 23.2 Å². The maximum atomic E-state index is 12.4. The molecule has 2 amide bonds. The van der Waals surface area contributed by atoms with Crippen molar-refractivity contribution in [2.75, 3.05) is 18.4 Å². The number of nitrogens with zero attached hydrogens (tertiary/aromatic N) is 1. The molecule has 0 aliphatic carbocycles. The lowest BCUT2D eigenvalue weighted by Gasteiger charge is -2.20. The van der Waals surface area contributed by atoms with Gasteiger partial charge in [0.1, 0.15) is 5.00 Å². The van der Waals surface area contributed by atoms with Gasteiger partial charge in [0.15, 0.2) is 0 Å². The average molecular weight is 388 g/mol. The number of thiophene rings is 1. The standard InChI is InChI=1S/C20H24N2O4S/c1-4-16-13(2)27-19(18(16)20(25)26)21-17(24)12-22(14(3)23)11-10-15-8-6-5-7-9-15/h5-9H,4,10-12H2,1-3H3,(H,21,24)(H,25,26). The van der Waals surface area contributed by atoms with E-state index < -0.39 is 11.9 Å². The van der Waals surface area contributed by atoms with Crippen LogP contribution in [-0.4, -0.2) is 40.9 Å². The number of amides is 2. The van der Waals surface area contributed by atoms with Crippen LogP contribution in [0.25, 0.3) is 0 Å². The van der Waals surface area contributed by atoms with Crippen LogP contribution in [0.3, 0.4) is 0 Å². The van der Waals surface area contributed by atoms with Crippen molar-refractivity contribution in [3.05, 3.63) is 51.9 Å². The van der Waals surface area contributed by atoms with E-state index >= 15 is 0 Å². The Balaban J connectivity index is 2.06. The molecular formula is C20H24N2O4S. The van der Waals surface area contributed by atoms with Gasteiger partial charge in [-0.3, -0.25) is 9.59 Å². The molecule has 2 aromatic rings. The zero-order chi connectivity index (χ0) is 20.0. The number of carbonyl (C=O) groups is 3. The van der Waals surface area contributed by atoms with E-state index in [0.29, 0.717) is 24.4 Å². The number of benzene rings is 1. The molecular weight excluding hydrogens is 364 g/mol. The normalized spacial score (nSPS) is 10.5. The van der Waals surface area contributed by atoms with Crippen LogP contribution >= 0.6 is 11.3 Å².